The van der Waals surface area contributed by atoms with Crippen LogP contribution in [0.2, 0.25) is 0 Å². The number of benzene rings is 1. The van der Waals surface area contributed by atoms with Gasteiger partial charge in [0.15, 0.2) is 0 Å². The third-order valence-corrected chi connectivity index (χ3v) is 4.09. The van der Waals surface area contributed by atoms with Gasteiger partial charge in [-0.2, -0.15) is 0 Å². The number of hydrogen-bond donors (Lipinski definition) is 0. The minimum absolute atomic E-state index is 0.00134. The van der Waals surface area contributed by atoms with Gasteiger partial charge in [0.2, 0.25) is 0 Å². The van der Waals surface area contributed by atoms with Crippen LogP contribution in [0.5, 0.6) is 0 Å². The van der Waals surface area contributed by atoms with Gasteiger partial charge in [-0.25, -0.2) is 0 Å². The summed E-state index contributed by atoms with van der Waals surface area (Å²) in [6, 6.07) is 6.59. The third-order valence-electron chi connectivity index (χ3n) is 3.59. The van der Waals surface area contributed by atoms with Crippen molar-refractivity contribution < 1.29 is 4.74 Å². The Kier molecular flexibility index (Phi) is 3.34. The van der Waals surface area contributed by atoms with E-state index in [9.17, 15) is 0 Å². The summed E-state index contributed by atoms with van der Waals surface area (Å²) >= 11 is 0. The monoisotopic (exact) mass is 237 g/mol. The van der Waals surface area contributed by atoms with E-state index in [1.807, 2.05) is 0 Å². The van der Waals surface area contributed by atoms with Crippen LogP contribution in [0.1, 0.15) is 18.1 Å². The van der Waals surface area contributed by atoms with Crippen molar-refractivity contribution in [3.8, 4) is 0 Å². The Bertz CT molecular complexity index is 394. The van der Waals surface area contributed by atoms with E-state index in [1.54, 1.807) is 0 Å². The molecule has 2 nitrogen and oxygen atoms in total. The molecule has 0 aromatic heterocycles. The average Bonchev–Trinajstić information content (AvgIpc) is 2.26. The molecule has 0 radical (unpaired) electrons. The van der Waals surface area contributed by atoms with Crippen molar-refractivity contribution in [1.29, 1.82) is 0 Å². The molecule has 16 heavy (non-hydrogen) atoms. The zero-order chi connectivity index (χ0) is 11.8. The number of rotatable bonds is 1. The summed E-state index contributed by atoms with van der Waals surface area (Å²) in [6.07, 6.45) is 0. The Hall–Kier alpha value is -0.430. The van der Waals surface area contributed by atoms with E-state index in [-0.39, 0.29) is 5.54 Å². The molecule has 1 aliphatic heterocycles. The Balaban J connectivity index is 2.44. The smallest absolute Gasteiger partial charge is 0.0690 e. The fourth-order valence-electron chi connectivity index (χ4n) is 2.25. The summed E-state index contributed by atoms with van der Waals surface area (Å²) in [4.78, 5) is 2.39. The van der Waals surface area contributed by atoms with E-state index in [1.165, 1.54) is 16.4 Å². The molecule has 0 spiro atoms. The van der Waals surface area contributed by atoms with Crippen LogP contribution in [0.25, 0.3) is 0 Å². The quantitative estimate of drug-likeness (QED) is 0.689. The second-order valence-electron chi connectivity index (χ2n) is 4.84. The minimum atomic E-state index is 0.00134. The van der Waals surface area contributed by atoms with E-state index in [2.05, 4.69) is 53.2 Å². The fraction of sp³-hybridized carbons (Fsp3) is 0.538. The molecule has 1 heterocycles. The van der Waals surface area contributed by atoms with Crippen LogP contribution in [0.3, 0.4) is 0 Å². The molecule has 2 rings (SSSR count). The summed E-state index contributed by atoms with van der Waals surface area (Å²) in [5.41, 5.74) is 2.67. The van der Waals surface area contributed by atoms with Crippen LogP contribution in [-0.2, 0) is 10.3 Å². The molecule has 2 atom stereocenters. The lowest BCUT2D eigenvalue weighted by molar-refractivity contribution is -0.0495. The summed E-state index contributed by atoms with van der Waals surface area (Å²) in [6.45, 7) is 7.00. The topological polar surface area (TPSA) is 12.5 Å². The van der Waals surface area contributed by atoms with Gasteiger partial charge in [0.05, 0.1) is 18.8 Å². The average molecular weight is 237 g/mol. The maximum atomic E-state index is 5.65. The summed E-state index contributed by atoms with van der Waals surface area (Å²) in [5.74, 6) is 0. The second-order valence-corrected chi connectivity index (χ2v) is 5.46. The van der Waals surface area contributed by atoms with Crippen LogP contribution in [-0.4, -0.2) is 31.7 Å². The van der Waals surface area contributed by atoms with Crippen molar-refractivity contribution in [2.24, 2.45) is 0 Å². The number of aryl methyl sites for hydroxylation is 1. The molecule has 0 saturated carbocycles. The van der Waals surface area contributed by atoms with E-state index in [0.29, 0.717) is 0 Å². The molecule has 1 aromatic rings. The molecule has 3 heteroatoms. The highest BCUT2D eigenvalue weighted by atomic mass is 31.0. The molecule has 0 amide bonds. The lowest BCUT2D eigenvalue weighted by Crippen LogP contribution is -2.51. The standard InChI is InChI=1S/C13H20NOP/c1-10-4-5-12(16)11(8-10)13(2)9-15-7-6-14(13)3/h4-5,8H,6-7,9,16H2,1-3H3. The molecule has 1 saturated heterocycles. The number of likely N-dealkylation sites (N-methyl/N-ethyl adjacent to an activating group) is 1. The Labute approximate surface area is 100 Å². The first kappa shape index (κ1) is 12.0. The Morgan fingerprint density at radius 1 is 1.44 bits per heavy atom. The number of hydrogen-bond acceptors (Lipinski definition) is 2. The molecule has 0 N–H and O–H groups in total. The number of ether oxygens (including phenoxy) is 1. The van der Waals surface area contributed by atoms with Gasteiger partial charge in [-0.1, -0.05) is 23.8 Å². The van der Waals surface area contributed by atoms with E-state index < -0.39 is 0 Å². The third kappa shape index (κ3) is 2.02. The summed E-state index contributed by atoms with van der Waals surface area (Å²) in [7, 11) is 5.01. The SMILES string of the molecule is Cc1ccc(P)c(C2(C)COCCN2C)c1. The van der Waals surface area contributed by atoms with Gasteiger partial charge in [0.1, 0.15) is 0 Å². The normalized spacial score (nSPS) is 27.0. The van der Waals surface area contributed by atoms with Crippen LogP contribution >= 0.6 is 9.24 Å². The van der Waals surface area contributed by atoms with Crippen molar-refractivity contribution in [3.63, 3.8) is 0 Å². The fourth-order valence-corrected chi connectivity index (χ4v) is 2.74. The molecular weight excluding hydrogens is 217 g/mol. The Morgan fingerprint density at radius 3 is 2.88 bits per heavy atom. The van der Waals surface area contributed by atoms with Gasteiger partial charge >= 0.3 is 0 Å². The zero-order valence-corrected chi connectivity index (χ0v) is 11.4. The lowest BCUT2D eigenvalue weighted by atomic mass is 9.89. The highest BCUT2D eigenvalue weighted by Crippen LogP contribution is 2.30. The maximum absolute atomic E-state index is 5.65. The predicted molar refractivity (Wildman–Crippen MR) is 71.3 cm³/mol. The van der Waals surface area contributed by atoms with Gasteiger partial charge < -0.3 is 4.74 Å². The maximum Gasteiger partial charge on any atom is 0.0690 e. The van der Waals surface area contributed by atoms with Crippen LogP contribution in [0, 0.1) is 6.92 Å². The molecular formula is C13H20NOP. The van der Waals surface area contributed by atoms with Crippen molar-refractivity contribution in [2.75, 3.05) is 26.8 Å². The molecule has 1 aliphatic rings. The molecule has 1 fully saturated rings. The lowest BCUT2D eigenvalue weighted by Gasteiger charge is -2.43. The van der Waals surface area contributed by atoms with Crippen molar-refractivity contribution in [3.05, 3.63) is 29.3 Å². The Morgan fingerprint density at radius 2 is 2.19 bits per heavy atom. The van der Waals surface area contributed by atoms with Crippen molar-refractivity contribution >= 4 is 14.5 Å². The molecule has 0 aliphatic carbocycles. The predicted octanol–water partition coefficient (Wildman–Crippen LogP) is 1.67. The number of morpholine rings is 1. The number of nitrogens with zero attached hydrogens (tertiary/aromatic N) is 1. The first-order valence-corrected chi connectivity index (χ1v) is 6.27. The van der Waals surface area contributed by atoms with Crippen molar-refractivity contribution in [1.82, 2.24) is 4.90 Å². The van der Waals surface area contributed by atoms with Gasteiger partial charge in [-0.3, -0.25) is 4.90 Å². The first-order chi connectivity index (χ1) is 7.54. The summed E-state index contributed by atoms with van der Waals surface area (Å²) in [5, 5.41) is 1.27. The summed E-state index contributed by atoms with van der Waals surface area (Å²) < 4.78 is 5.65. The molecule has 1 aromatic carbocycles. The van der Waals surface area contributed by atoms with E-state index in [4.69, 9.17) is 4.74 Å². The molecule has 88 valence electrons. The van der Waals surface area contributed by atoms with E-state index >= 15 is 0 Å². The molecule has 0 bridgehead atoms. The minimum Gasteiger partial charge on any atom is -0.378 e. The van der Waals surface area contributed by atoms with Gasteiger partial charge in [0, 0.05) is 6.54 Å². The zero-order valence-electron chi connectivity index (χ0n) is 10.3. The first-order valence-electron chi connectivity index (χ1n) is 5.69. The van der Waals surface area contributed by atoms with Gasteiger partial charge in [-0.15, -0.1) is 9.24 Å². The van der Waals surface area contributed by atoms with Crippen LogP contribution < -0.4 is 5.30 Å². The van der Waals surface area contributed by atoms with Gasteiger partial charge in [0.25, 0.3) is 0 Å². The second kappa shape index (κ2) is 4.44. The van der Waals surface area contributed by atoms with Gasteiger partial charge in [-0.05, 0) is 31.8 Å². The van der Waals surface area contributed by atoms with Crippen molar-refractivity contribution in [2.45, 2.75) is 19.4 Å². The van der Waals surface area contributed by atoms with Crippen LogP contribution in [0.4, 0.5) is 0 Å². The highest BCUT2D eigenvalue weighted by Gasteiger charge is 2.35. The van der Waals surface area contributed by atoms with Crippen LogP contribution in [0.15, 0.2) is 18.2 Å². The molecule has 2 unspecified atom stereocenters. The largest absolute Gasteiger partial charge is 0.378 e. The highest BCUT2D eigenvalue weighted by molar-refractivity contribution is 7.27. The van der Waals surface area contributed by atoms with E-state index in [0.717, 1.165) is 19.8 Å².